The number of carbonyl (C=O) groups excluding carboxylic acids is 2. The molecule has 1 unspecified atom stereocenters. The molecule has 6 nitrogen and oxygen atoms in total. The molecule has 1 saturated carbocycles. The van der Waals surface area contributed by atoms with E-state index in [1.54, 1.807) is 17.2 Å². The second kappa shape index (κ2) is 12.5. The summed E-state index contributed by atoms with van der Waals surface area (Å²) < 4.78 is 4.46. The van der Waals surface area contributed by atoms with Gasteiger partial charge in [0.15, 0.2) is 0 Å². The number of aromatic nitrogens is 1. The summed E-state index contributed by atoms with van der Waals surface area (Å²) in [7, 11) is 0. The summed E-state index contributed by atoms with van der Waals surface area (Å²) in [6, 6.07) is 1.93. The molecule has 1 N–H and O–H groups in total. The minimum Gasteiger partial charge on any atom is -0.365 e. The highest BCUT2D eigenvalue weighted by molar-refractivity contribution is 5.88. The van der Waals surface area contributed by atoms with E-state index in [2.05, 4.69) is 15.0 Å². The summed E-state index contributed by atoms with van der Waals surface area (Å²) in [5.74, 6) is 0.562. The van der Waals surface area contributed by atoms with Crippen molar-refractivity contribution in [2.75, 3.05) is 6.54 Å². The normalized spacial score (nSPS) is 19.2. The number of rotatable bonds is 4. The van der Waals surface area contributed by atoms with E-state index < -0.39 is 0 Å². The van der Waals surface area contributed by atoms with Crippen LogP contribution >= 0.6 is 0 Å². The standard InChI is InChI=1S/C15H26N2O2.C4H5NO.C2H6/c1-11(2)10-14(18)17-9-5-8-13(17)15(19)16-12-6-3-4-7-12;1-4-2-3-6-5-4;1-2/h11-13H,3-10H2,1-2H3,(H,16,19);2-3H,1H3;1-2H3. The van der Waals surface area contributed by atoms with E-state index in [1.165, 1.54) is 12.8 Å². The molecule has 1 atom stereocenters. The summed E-state index contributed by atoms with van der Waals surface area (Å²) in [5, 5.41) is 6.67. The summed E-state index contributed by atoms with van der Waals surface area (Å²) in [4.78, 5) is 26.2. The number of nitrogens with one attached hydrogen (secondary N) is 1. The Bertz CT molecular complexity index is 537. The van der Waals surface area contributed by atoms with Gasteiger partial charge in [0, 0.05) is 25.1 Å². The Morgan fingerprint density at radius 1 is 1.22 bits per heavy atom. The van der Waals surface area contributed by atoms with Crippen molar-refractivity contribution in [1.29, 1.82) is 0 Å². The molecule has 154 valence electrons. The van der Waals surface area contributed by atoms with E-state index >= 15 is 0 Å². The van der Waals surface area contributed by atoms with Crippen molar-refractivity contribution in [2.24, 2.45) is 5.92 Å². The van der Waals surface area contributed by atoms with Crippen molar-refractivity contribution in [3.8, 4) is 0 Å². The van der Waals surface area contributed by atoms with Gasteiger partial charge in [0.05, 0.1) is 5.69 Å². The van der Waals surface area contributed by atoms with Crippen molar-refractivity contribution >= 4 is 11.8 Å². The maximum atomic E-state index is 12.3. The molecule has 0 radical (unpaired) electrons. The SMILES string of the molecule is CC.CC(C)CC(=O)N1CCCC1C(=O)NC1CCCC1.Cc1ccon1. The largest absolute Gasteiger partial charge is 0.365 e. The van der Waals surface area contributed by atoms with Gasteiger partial charge in [-0.15, -0.1) is 0 Å². The first kappa shape index (κ1) is 23.2. The third kappa shape index (κ3) is 8.14. The van der Waals surface area contributed by atoms with E-state index in [-0.39, 0.29) is 17.9 Å². The number of aryl methyl sites for hydroxylation is 1. The van der Waals surface area contributed by atoms with E-state index in [0.717, 1.165) is 37.9 Å². The molecule has 2 heterocycles. The molecule has 1 saturated heterocycles. The Kier molecular flexibility index (Phi) is 10.8. The van der Waals surface area contributed by atoms with Crippen LogP contribution in [0.5, 0.6) is 0 Å². The minimum absolute atomic E-state index is 0.0708. The molecule has 2 fully saturated rings. The Morgan fingerprint density at radius 3 is 2.37 bits per heavy atom. The smallest absolute Gasteiger partial charge is 0.243 e. The molecule has 27 heavy (non-hydrogen) atoms. The molecule has 6 heteroatoms. The highest BCUT2D eigenvalue weighted by Crippen LogP contribution is 2.22. The lowest BCUT2D eigenvalue weighted by Gasteiger charge is -2.26. The number of hydrogen-bond donors (Lipinski definition) is 1. The molecule has 1 aromatic heterocycles. The Hall–Kier alpha value is -1.85. The van der Waals surface area contributed by atoms with Gasteiger partial charge in [0.25, 0.3) is 0 Å². The minimum atomic E-state index is -0.216. The van der Waals surface area contributed by atoms with Crippen LogP contribution < -0.4 is 5.32 Å². The van der Waals surface area contributed by atoms with Gasteiger partial charge in [-0.2, -0.15) is 0 Å². The van der Waals surface area contributed by atoms with Crippen LogP contribution in [-0.4, -0.2) is 40.5 Å². The predicted molar refractivity (Wildman–Crippen MR) is 107 cm³/mol. The van der Waals surface area contributed by atoms with Crippen molar-refractivity contribution in [1.82, 2.24) is 15.4 Å². The lowest BCUT2D eigenvalue weighted by molar-refractivity contribution is -0.139. The van der Waals surface area contributed by atoms with Gasteiger partial charge in [0.1, 0.15) is 12.3 Å². The van der Waals surface area contributed by atoms with Crippen LogP contribution in [0.15, 0.2) is 16.9 Å². The molecular formula is C21H37N3O3. The first-order valence-electron chi connectivity index (χ1n) is 10.4. The fourth-order valence-electron chi connectivity index (χ4n) is 3.44. The van der Waals surface area contributed by atoms with Gasteiger partial charge in [-0.05, 0) is 38.5 Å². The van der Waals surface area contributed by atoms with Gasteiger partial charge < -0.3 is 14.7 Å². The number of likely N-dealkylation sites (tertiary alicyclic amines) is 1. The molecule has 1 aliphatic carbocycles. The maximum absolute atomic E-state index is 12.3. The second-order valence-corrected chi connectivity index (χ2v) is 7.47. The molecule has 0 spiro atoms. The lowest BCUT2D eigenvalue weighted by Crippen LogP contribution is -2.48. The zero-order valence-corrected chi connectivity index (χ0v) is 17.7. The third-order valence-electron chi connectivity index (χ3n) is 4.73. The first-order valence-corrected chi connectivity index (χ1v) is 10.4. The average molecular weight is 380 g/mol. The van der Waals surface area contributed by atoms with Crippen LogP contribution in [0, 0.1) is 12.8 Å². The fourth-order valence-corrected chi connectivity index (χ4v) is 3.44. The number of carbonyl (C=O) groups is 2. The van der Waals surface area contributed by atoms with Crippen LogP contribution in [0.1, 0.15) is 78.3 Å². The third-order valence-corrected chi connectivity index (χ3v) is 4.73. The average Bonchev–Trinajstić information content (AvgIpc) is 3.39. The topological polar surface area (TPSA) is 75.4 Å². The van der Waals surface area contributed by atoms with Crippen molar-refractivity contribution in [3.05, 3.63) is 18.0 Å². The molecular weight excluding hydrogens is 342 g/mol. The van der Waals surface area contributed by atoms with Crippen molar-refractivity contribution < 1.29 is 14.1 Å². The van der Waals surface area contributed by atoms with Gasteiger partial charge in [0.2, 0.25) is 11.8 Å². The quantitative estimate of drug-likeness (QED) is 0.855. The van der Waals surface area contributed by atoms with Crippen molar-refractivity contribution in [2.45, 2.75) is 91.6 Å². The van der Waals surface area contributed by atoms with E-state index in [4.69, 9.17) is 0 Å². The lowest BCUT2D eigenvalue weighted by atomic mass is 10.1. The Balaban J connectivity index is 0.000000381. The molecule has 0 aromatic carbocycles. The van der Waals surface area contributed by atoms with Gasteiger partial charge in [-0.25, -0.2) is 0 Å². The number of amides is 2. The molecule has 0 bridgehead atoms. The summed E-state index contributed by atoms with van der Waals surface area (Å²) in [6.45, 7) is 10.7. The molecule has 2 aliphatic rings. The van der Waals surface area contributed by atoms with E-state index in [0.29, 0.717) is 18.4 Å². The van der Waals surface area contributed by atoms with Gasteiger partial charge in [-0.3, -0.25) is 9.59 Å². The summed E-state index contributed by atoms with van der Waals surface area (Å²) >= 11 is 0. The Morgan fingerprint density at radius 2 is 1.89 bits per heavy atom. The first-order chi connectivity index (χ1) is 13.0. The zero-order valence-electron chi connectivity index (χ0n) is 17.7. The van der Waals surface area contributed by atoms with E-state index in [9.17, 15) is 9.59 Å². The second-order valence-electron chi connectivity index (χ2n) is 7.47. The molecule has 1 aromatic rings. The van der Waals surface area contributed by atoms with Crippen LogP contribution in [0.3, 0.4) is 0 Å². The molecule has 3 rings (SSSR count). The fraction of sp³-hybridized carbons (Fsp3) is 0.762. The monoisotopic (exact) mass is 379 g/mol. The number of hydrogen-bond acceptors (Lipinski definition) is 4. The van der Waals surface area contributed by atoms with Crippen LogP contribution in [-0.2, 0) is 9.59 Å². The Labute approximate surface area is 164 Å². The summed E-state index contributed by atoms with van der Waals surface area (Å²) in [6.07, 6.45) is 8.49. The summed E-state index contributed by atoms with van der Waals surface area (Å²) in [5.41, 5.74) is 0.926. The number of nitrogens with zero attached hydrogens (tertiary/aromatic N) is 2. The van der Waals surface area contributed by atoms with Crippen LogP contribution in [0.2, 0.25) is 0 Å². The maximum Gasteiger partial charge on any atom is 0.243 e. The molecule has 1 aliphatic heterocycles. The highest BCUT2D eigenvalue weighted by Gasteiger charge is 2.35. The molecule has 2 amide bonds. The zero-order chi connectivity index (χ0) is 20.2. The van der Waals surface area contributed by atoms with Crippen LogP contribution in [0.4, 0.5) is 0 Å². The van der Waals surface area contributed by atoms with Gasteiger partial charge in [-0.1, -0.05) is 45.7 Å². The van der Waals surface area contributed by atoms with Crippen LogP contribution in [0.25, 0.3) is 0 Å². The highest BCUT2D eigenvalue weighted by atomic mass is 16.5. The predicted octanol–water partition coefficient (Wildman–Crippen LogP) is 4.09. The van der Waals surface area contributed by atoms with E-state index in [1.807, 2.05) is 34.6 Å². The van der Waals surface area contributed by atoms with Gasteiger partial charge >= 0.3 is 0 Å². The van der Waals surface area contributed by atoms with Crippen molar-refractivity contribution in [3.63, 3.8) is 0 Å².